The SMILES string of the molecule is CCC(=CCN1CC2CCCCN2CC1C)C(=O)OC. The molecule has 2 atom stereocenters. The minimum Gasteiger partial charge on any atom is -0.466 e. The van der Waals surface area contributed by atoms with E-state index in [2.05, 4.69) is 22.8 Å². The number of carbonyl (C=O) groups is 1. The molecule has 20 heavy (non-hydrogen) atoms. The van der Waals surface area contributed by atoms with Crippen LogP contribution in [0.4, 0.5) is 0 Å². The standard InChI is InChI=1S/C16H28N2O2/c1-4-14(16(19)20-3)8-10-17-12-15-7-5-6-9-18(15)11-13(17)2/h8,13,15H,4-7,9-12H2,1-3H3. The van der Waals surface area contributed by atoms with E-state index in [1.807, 2.05) is 6.92 Å². The molecule has 2 aliphatic heterocycles. The third kappa shape index (κ3) is 3.61. The summed E-state index contributed by atoms with van der Waals surface area (Å²) >= 11 is 0. The molecule has 2 fully saturated rings. The molecule has 2 heterocycles. The van der Waals surface area contributed by atoms with Crippen LogP contribution in [0.3, 0.4) is 0 Å². The van der Waals surface area contributed by atoms with Crippen molar-refractivity contribution in [3.63, 3.8) is 0 Å². The summed E-state index contributed by atoms with van der Waals surface area (Å²) in [7, 11) is 1.45. The van der Waals surface area contributed by atoms with Gasteiger partial charge in [0.1, 0.15) is 0 Å². The lowest BCUT2D eigenvalue weighted by molar-refractivity contribution is -0.136. The fraction of sp³-hybridized carbons (Fsp3) is 0.812. The van der Waals surface area contributed by atoms with Crippen LogP contribution >= 0.6 is 0 Å². The molecule has 4 heteroatoms. The van der Waals surface area contributed by atoms with E-state index in [0.29, 0.717) is 6.04 Å². The first kappa shape index (κ1) is 15.5. The summed E-state index contributed by atoms with van der Waals surface area (Å²) in [6, 6.07) is 1.29. The number of rotatable bonds is 4. The molecule has 0 aliphatic carbocycles. The predicted molar refractivity (Wildman–Crippen MR) is 80.6 cm³/mol. The largest absolute Gasteiger partial charge is 0.466 e. The van der Waals surface area contributed by atoms with Crippen LogP contribution in [0.5, 0.6) is 0 Å². The Morgan fingerprint density at radius 2 is 2.15 bits per heavy atom. The molecule has 4 nitrogen and oxygen atoms in total. The maximum atomic E-state index is 11.6. The van der Waals surface area contributed by atoms with Gasteiger partial charge in [-0.2, -0.15) is 0 Å². The van der Waals surface area contributed by atoms with Crippen molar-refractivity contribution in [1.29, 1.82) is 0 Å². The monoisotopic (exact) mass is 280 g/mol. The number of esters is 1. The Hall–Kier alpha value is -0.870. The Morgan fingerprint density at radius 3 is 2.85 bits per heavy atom. The molecule has 2 rings (SSSR count). The zero-order valence-electron chi connectivity index (χ0n) is 13.1. The van der Waals surface area contributed by atoms with E-state index >= 15 is 0 Å². The number of fused-ring (bicyclic) bond motifs is 1. The van der Waals surface area contributed by atoms with Crippen LogP contribution in [-0.2, 0) is 9.53 Å². The highest BCUT2D eigenvalue weighted by molar-refractivity contribution is 5.88. The smallest absolute Gasteiger partial charge is 0.333 e. The molecule has 0 aromatic rings. The highest BCUT2D eigenvalue weighted by Gasteiger charge is 2.32. The molecule has 0 aromatic heterocycles. The maximum absolute atomic E-state index is 11.6. The van der Waals surface area contributed by atoms with Crippen molar-refractivity contribution in [3.8, 4) is 0 Å². The van der Waals surface area contributed by atoms with E-state index < -0.39 is 0 Å². The van der Waals surface area contributed by atoms with Crippen LogP contribution < -0.4 is 0 Å². The Bertz CT molecular complexity index is 367. The van der Waals surface area contributed by atoms with Crippen molar-refractivity contribution >= 4 is 5.97 Å². The molecule has 0 amide bonds. The van der Waals surface area contributed by atoms with Crippen LogP contribution in [0.1, 0.15) is 39.5 Å². The van der Waals surface area contributed by atoms with Gasteiger partial charge in [0.2, 0.25) is 0 Å². The molecule has 0 radical (unpaired) electrons. The zero-order valence-corrected chi connectivity index (χ0v) is 13.1. The molecule has 0 N–H and O–H groups in total. The van der Waals surface area contributed by atoms with Gasteiger partial charge in [0.05, 0.1) is 7.11 Å². The molecule has 0 saturated carbocycles. The fourth-order valence-corrected chi connectivity index (χ4v) is 3.40. The van der Waals surface area contributed by atoms with E-state index in [1.54, 1.807) is 0 Å². The quantitative estimate of drug-likeness (QED) is 0.583. The van der Waals surface area contributed by atoms with Gasteiger partial charge < -0.3 is 4.74 Å². The highest BCUT2D eigenvalue weighted by Crippen LogP contribution is 2.24. The van der Waals surface area contributed by atoms with Gasteiger partial charge in [0, 0.05) is 37.3 Å². The van der Waals surface area contributed by atoms with E-state index in [9.17, 15) is 4.79 Å². The minimum atomic E-state index is -0.184. The highest BCUT2D eigenvalue weighted by atomic mass is 16.5. The zero-order chi connectivity index (χ0) is 14.5. The molecule has 0 aromatic carbocycles. The number of piperazine rings is 1. The molecular formula is C16H28N2O2. The van der Waals surface area contributed by atoms with Gasteiger partial charge >= 0.3 is 5.97 Å². The summed E-state index contributed by atoms with van der Waals surface area (Å²) in [6.45, 7) is 8.73. The molecule has 2 aliphatic rings. The number of methoxy groups -OCH3 is 1. The van der Waals surface area contributed by atoms with Gasteiger partial charge in [-0.3, -0.25) is 9.80 Å². The third-order valence-corrected chi connectivity index (χ3v) is 4.72. The summed E-state index contributed by atoms with van der Waals surface area (Å²) in [4.78, 5) is 16.8. The first-order chi connectivity index (χ1) is 9.65. The summed E-state index contributed by atoms with van der Waals surface area (Å²) < 4.78 is 4.82. The Morgan fingerprint density at radius 1 is 1.35 bits per heavy atom. The topological polar surface area (TPSA) is 32.8 Å². The van der Waals surface area contributed by atoms with Crippen molar-refractivity contribution in [2.24, 2.45) is 0 Å². The van der Waals surface area contributed by atoms with Gasteiger partial charge in [-0.05, 0) is 32.7 Å². The van der Waals surface area contributed by atoms with Crippen molar-refractivity contribution < 1.29 is 9.53 Å². The van der Waals surface area contributed by atoms with E-state index in [-0.39, 0.29) is 5.97 Å². The second-order valence-electron chi connectivity index (χ2n) is 6.02. The molecule has 2 saturated heterocycles. The Balaban J connectivity index is 1.94. The fourth-order valence-electron chi connectivity index (χ4n) is 3.40. The van der Waals surface area contributed by atoms with Crippen molar-refractivity contribution in [3.05, 3.63) is 11.6 Å². The van der Waals surface area contributed by atoms with Crippen molar-refractivity contribution in [1.82, 2.24) is 9.80 Å². The molecule has 0 bridgehead atoms. The number of nitrogens with zero attached hydrogens (tertiary/aromatic N) is 2. The first-order valence-corrected chi connectivity index (χ1v) is 7.91. The Kier molecular flexibility index (Phi) is 5.61. The molecule has 114 valence electrons. The second kappa shape index (κ2) is 7.23. The van der Waals surface area contributed by atoms with Crippen molar-refractivity contribution in [2.75, 3.05) is 33.3 Å². The number of carbonyl (C=O) groups excluding carboxylic acids is 1. The number of ether oxygens (including phenoxy) is 1. The summed E-state index contributed by atoms with van der Waals surface area (Å²) in [6.07, 6.45) is 6.84. The van der Waals surface area contributed by atoms with Gasteiger partial charge in [0.15, 0.2) is 0 Å². The second-order valence-corrected chi connectivity index (χ2v) is 6.02. The lowest BCUT2D eigenvalue weighted by Crippen LogP contribution is -2.58. The molecule has 0 spiro atoms. The van der Waals surface area contributed by atoms with Crippen LogP contribution in [0.15, 0.2) is 11.6 Å². The maximum Gasteiger partial charge on any atom is 0.333 e. The average molecular weight is 280 g/mol. The summed E-state index contributed by atoms with van der Waals surface area (Å²) in [5, 5.41) is 0. The number of piperidine rings is 1. The van der Waals surface area contributed by atoms with Gasteiger partial charge in [-0.1, -0.05) is 19.4 Å². The van der Waals surface area contributed by atoms with Crippen molar-refractivity contribution in [2.45, 2.75) is 51.6 Å². The van der Waals surface area contributed by atoms with E-state index in [0.717, 1.165) is 37.7 Å². The third-order valence-electron chi connectivity index (χ3n) is 4.72. The lowest BCUT2D eigenvalue weighted by atomic mass is 9.97. The Labute approximate surface area is 122 Å². The van der Waals surface area contributed by atoms with Crippen LogP contribution in [0.25, 0.3) is 0 Å². The van der Waals surface area contributed by atoms with Crippen LogP contribution in [0, 0.1) is 0 Å². The van der Waals surface area contributed by atoms with Gasteiger partial charge in [-0.15, -0.1) is 0 Å². The normalized spacial score (nSPS) is 29.1. The predicted octanol–water partition coefficient (Wildman–Crippen LogP) is 2.05. The average Bonchev–Trinajstić information content (AvgIpc) is 2.47. The molecule has 2 unspecified atom stereocenters. The van der Waals surface area contributed by atoms with Crippen LogP contribution in [0.2, 0.25) is 0 Å². The lowest BCUT2D eigenvalue weighted by Gasteiger charge is -2.47. The van der Waals surface area contributed by atoms with Gasteiger partial charge in [0.25, 0.3) is 0 Å². The molecular weight excluding hydrogens is 252 g/mol. The summed E-state index contributed by atoms with van der Waals surface area (Å²) in [5.41, 5.74) is 0.797. The minimum absolute atomic E-state index is 0.184. The van der Waals surface area contributed by atoms with Crippen LogP contribution in [-0.4, -0.2) is 61.1 Å². The summed E-state index contributed by atoms with van der Waals surface area (Å²) in [5.74, 6) is -0.184. The number of hydrogen-bond acceptors (Lipinski definition) is 4. The number of hydrogen-bond donors (Lipinski definition) is 0. The van der Waals surface area contributed by atoms with Gasteiger partial charge in [-0.25, -0.2) is 4.79 Å². The van der Waals surface area contributed by atoms with E-state index in [4.69, 9.17) is 4.74 Å². The first-order valence-electron chi connectivity index (χ1n) is 7.91. The van der Waals surface area contributed by atoms with E-state index in [1.165, 1.54) is 32.9 Å².